The summed E-state index contributed by atoms with van der Waals surface area (Å²) in [4.78, 5) is 11.4. The topological polar surface area (TPSA) is 44.8 Å². The number of rotatable bonds is 6. The Balaban J connectivity index is 1.85. The standard InChI is InChI=1S/C16H15BrO4/c1-19-16(18)12-7-8-15(14(17)11-12)21-10-9-20-13-5-3-2-4-6-13/h2-8,11H,9-10H2,1H3. The molecule has 0 aliphatic rings. The predicted octanol–water partition coefficient (Wildman–Crippen LogP) is 3.69. The second-order valence-electron chi connectivity index (χ2n) is 4.15. The molecule has 0 atom stereocenters. The highest BCUT2D eigenvalue weighted by Crippen LogP contribution is 2.26. The van der Waals surface area contributed by atoms with E-state index in [9.17, 15) is 4.79 Å². The van der Waals surface area contributed by atoms with Crippen molar-refractivity contribution in [1.82, 2.24) is 0 Å². The van der Waals surface area contributed by atoms with Gasteiger partial charge in [-0.1, -0.05) is 18.2 Å². The molecular weight excluding hydrogens is 336 g/mol. The number of methoxy groups -OCH3 is 1. The molecule has 110 valence electrons. The van der Waals surface area contributed by atoms with E-state index < -0.39 is 0 Å². The van der Waals surface area contributed by atoms with Crippen LogP contribution in [0.1, 0.15) is 10.4 Å². The Bertz CT molecular complexity index is 598. The lowest BCUT2D eigenvalue weighted by Gasteiger charge is -2.10. The van der Waals surface area contributed by atoms with Crippen LogP contribution in [0.4, 0.5) is 0 Å². The number of esters is 1. The van der Waals surface area contributed by atoms with Gasteiger partial charge in [0.05, 0.1) is 17.1 Å². The van der Waals surface area contributed by atoms with Gasteiger partial charge in [0.2, 0.25) is 0 Å². The summed E-state index contributed by atoms with van der Waals surface area (Å²) in [6, 6.07) is 14.6. The molecule has 5 heteroatoms. The van der Waals surface area contributed by atoms with E-state index in [2.05, 4.69) is 20.7 Å². The summed E-state index contributed by atoms with van der Waals surface area (Å²) >= 11 is 3.37. The van der Waals surface area contributed by atoms with Crippen LogP contribution in [-0.2, 0) is 4.74 Å². The Hall–Kier alpha value is -2.01. The van der Waals surface area contributed by atoms with Crippen LogP contribution in [0.3, 0.4) is 0 Å². The third-order valence-electron chi connectivity index (χ3n) is 2.71. The van der Waals surface area contributed by atoms with E-state index in [-0.39, 0.29) is 5.97 Å². The van der Waals surface area contributed by atoms with Crippen molar-refractivity contribution in [3.05, 3.63) is 58.6 Å². The molecule has 0 unspecified atom stereocenters. The molecular formula is C16H15BrO4. The van der Waals surface area contributed by atoms with Gasteiger partial charge in [-0.25, -0.2) is 4.79 Å². The third-order valence-corrected chi connectivity index (χ3v) is 3.33. The molecule has 4 nitrogen and oxygen atoms in total. The monoisotopic (exact) mass is 350 g/mol. The van der Waals surface area contributed by atoms with Crippen LogP contribution in [0.25, 0.3) is 0 Å². The molecule has 0 saturated heterocycles. The molecule has 0 spiro atoms. The van der Waals surface area contributed by atoms with Crippen LogP contribution < -0.4 is 9.47 Å². The smallest absolute Gasteiger partial charge is 0.337 e. The van der Waals surface area contributed by atoms with Gasteiger partial charge in [0.25, 0.3) is 0 Å². The van der Waals surface area contributed by atoms with Gasteiger partial charge in [-0.2, -0.15) is 0 Å². The normalized spacial score (nSPS) is 10.0. The Morgan fingerprint density at radius 2 is 1.76 bits per heavy atom. The molecule has 0 saturated carbocycles. The second kappa shape index (κ2) is 7.69. The van der Waals surface area contributed by atoms with E-state index in [1.54, 1.807) is 18.2 Å². The molecule has 0 fully saturated rings. The number of ether oxygens (including phenoxy) is 3. The molecule has 0 aromatic heterocycles. The fraction of sp³-hybridized carbons (Fsp3) is 0.188. The lowest BCUT2D eigenvalue weighted by molar-refractivity contribution is 0.0600. The lowest BCUT2D eigenvalue weighted by atomic mass is 10.2. The highest BCUT2D eigenvalue weighted by atomic mass is 79.9. The Morgan fingerprint density at radius 1 is 1.05 bits per heavy atom. The quantitative estimate of drug-likeness (QED) is 0.588. The summed E-state index contributed by atoms with van der Waals surface area (Å²) in [7, 11) is 1.35. The molecule has 0 aliphatic carbocycles. The SMILES string of the molecule is COC(=O)c1ccc(OCCOc2ccccc2)c(Br)c1. The zero-order valence-corrected chi connectivity index (χ0v) is 13.1. The van der Waals surface area contributed by atoms with Gasteiger partial charge in [-0.05, 0) is 46.3 Å². The maximum atomic E-state index is 11.4. The van der Waals surface area contributed by atoms with Gasteiger partial charge in [-0.3, -0.25) is 0 Å². The summed E-state index contributed by atoms with van der Waals surface area (Å²) < 4.78 is 16.5. The molecule has 2 aromatic carbocycles. The summed E-state index contributed by atoms with van der Waals surface area (Å²) in [6.45, 7) is 0.847. The molecule has 2 rings (SSSR count). The maximum Gasteiger partial charge on any atom is 0.337 e. The van der Waals surface area contributed by atoms with Gasteiger partial charge in [0.1, 0.15) is 24.7 Å². The first kappa shape index (κ1) is 15.4. The number of halogens is 1. The third kappa shape index (κ3) is 4.49. The molecule has 0 radical (unpaired) electrons. The van der Waals surface area contributed by atoms with Gasteiger partial charge in [0.15, 0.2) is 0 Å². The van der Waals surface area contributed by atoms with E-state index >= 15 is 0 Å². The van der Waals surface area contributed by atoms with Gasteiger partial charge in [-0.15, -0.1) is 0 Å². The van der Waals surface area contributed by atoms with Crippen molar-refractivity contribution >= 4 is 21.9 Å². The minimum atomic E-state index is -0.380. The van der Waals surface area contributed by atoms with Gasteiger partial charge in [0, 0.05) is 0 Å². The predicted molar refractivity (Wildman–Crippen MR) is 82.9 cm³/mol. The largest absolute Gasteiger partial charge is 0.490 e. The summed E-state index contributed by atoms with van der Waals surface area (Å²) in [5.74, 6) is 1.08. The molecule has 0 heterocycles. The van der Waals surface area contributed by atoms with E-state index in [4.69, 9.17) is 9.47 Å². The molecule has 2 aromatic rings. The first-order valence-electron chi connectivity index (χ1n) is 6.39. The summed E-state index contributed by atoms with van der Waals surface area (Å²) in [5.41, 5.74) is 0.470. The average Bonchev–Trinajstić information content (AvgIpc) is 2.53. The number of carbonyl (C=O) groups excluding carboxylic acids is 1. The number of hydrogen-bond acceptors (Lipinski definition) is 4. The zero-order chi connectivity index (χ0) is 15.1. The molecule has 0 aliphatic heterocycles. The maximum absolute atomic E-state index is 11.4. The van der Waals surface area contributed by atoms with Crippen LogP contribution in [-0.4, -0.2) is 26.3 Å². The molecule has 0 N–H and O–H groups in total. The number of benzene rings is 2. The van der Waals surface area contributed by atoms with Crippen molar-refractivity contribution in [2.75, 3.05) is 20.3 Å². The number of para-hydroxylation sites is 1. The first-order valence-corrected chi connectivity index (χ1v) is 7.18. The van der Waals surface area contributed by atoms with E-state index in [0.29, 0.717) is 29.0 Å². The van der Waals surface area contributed by atoms with E-state index in [1.807, 2.05) is 30.3 Å². The Morgan fingerprint density at radius 3 is 2.43 bits per heavy atom. The van der Waals surface area contributed by atoms with Gasteiger partial charge < -0.3 is 14.2 Å². The van der Waals surface area contributed by atoms with Crippen molar-refractivity contribution in [3.8, 4) is 11.5 Å². The molecule has 0 amide bonds. The fourth-order valence-electron chi connectivity index (χ4n) is 1.69. The summed E-state index contributed by atoms with van der Waals surface area (Å²) in [6.07, 6.45) is 0. The van der Waals surface area contributed by atoms with Crippen molar-refractivity contribution in [3.63, 3.8) is 0 Å². The highest BCUT2D eigenvalue weighted by molar-refractivity contribution is 9.10. The zero-order valence-electron chi connectivity index (χ0n) is 11.5. The fourth-order valence-corrected chi connectivity index (χ4v) is 2.18. The first-order chi connectivity index (χ1) is 10.2. The van der Waals surface area contributed by atoms with Gasteiger partial charge >= 0.3 is 5.97 Å². The van der Waals surface area contributed by atoms with Crippen LogP contribution in [0.5, 0.6) is 11.5 Å². The van der Waals surface area contributed by atoms with Crippen molar-refractivity contribution < 1.29 is 19.0 Å². The summed E-state index contributed by atoms with van der Waals surface area (Å²) in [5, 5.41) is 0. The minimum Gasteiger partial charge on any atom is -0.490 e. The number of carbonyl (C=O) groups is 1. The van der Waals surface area contributed by atoms with E-state index in [0.717, 1.165) is 5.75 Å². The van der Waals surface area contributed by atoms with Crippen molar-refractivity contribution in [1.29, 1.82) is 0 Å². The Labute approximate surface area is 131 Å². The molecule has 21 heavy (non-hydrogen) atoms. The van der Waals surface area contributed by atoms with Crippen LogP contribution in [0.2, 0.25) is 0 Å². The second-order valence-corrected chi connectivity index (χ2v) is 5.00. The van der Waals surface area contributed by atoms with Crippen molar-refractivity contribution in [2.45, 2.75) is 0 Å². The molecule has 0 bridgehead atoms. The van der Waals surface area contributed by atoms with Crippen molar-refractivity contribution in [2.24, 2.45) is 0 Å². The van der Waals surface area contributed by atoms with E-state index in [1.165, 1.54) is 7.11 Å². The minimum absolute atomic E-state index is 0.380. The van der Waals surface area contributed by atoms with Crippen LogP contribution in [0, 0.1) is 0 Å². The van der Waals surface area contributed by atoms with Crippen LogP contribution >= 0.6 is 15.9 Å². The van der Waals surface area contributed by atoms with Crippen LogP contribution in [0.15, 0.2) is 53.0 Å². The lowest BCUT2D eigenvalue weighted by Crippen LogP contribution is -2.09. The average molecular weight is 351 g/mol. The highest BCUT2D eigenvalue weighted by Gasteiger charge is 2.09. The number of hydrogen-bond donors (Lipinski definition) is 0. The Kier molecular flexibility index (Phi) is 5.63.